The molecule has 2 nitrogen and oxygen atoms in total. The zero-order valence-electron chi connectivity index (χ0n) is 7.47. The van der Waals surface area contributed by atoms with Crippen LogP contribution in [-0.4, -0.2) is 11.5 Å². The molecule has 0 amide bonds. The highest BCUT2D eigenvalue weighted by molar-refractivity contribution is 5.39. The van der Waals surface area contributed by atoms with Gasteiger partial charge < -0.3 is 10.8 Å². The van der Waals surface area contributed by atoms with E-state index in [4.69, 9.17) is 10.8 Å². The van der Waals surface area contributed by atoms with Crippen LogP contribution in [0.3, 0.4) is 0 Å². The lowest BCUT2D eigenvalue weighted by Crippen LogP contribution is -2.19. The summed E-state index contributed by atoms with van der Waals surface area (Å²) in [5, 5.41) is 9.15. The van der Waals surface area contributed by atoms with E-state index in [2.05, 4.69) is 0 Å². The van der Waals surface area contributed by atoms with E-state index < -0.39 is 24.0 Å². The topological polar surface area (TPSA) is 46.2 Å². The highest BCUT2D eigenvalue weighted by atomic mass is 19.3. The molecule has 0 aliphatic carbocycles. The van der Waals surface area contributed by atoms with Crippen LogP contribution in [0.1, 0.15) is 17.2 Å². The van der Waals surface area contributed by atoms with Crippen LogP contribution in [0, 0.1) is 12.7 Å². The van der Waals surface area contributed by atoms with Crippen molar-refractivity contribution >= 4 is 0 Å². The summed E-state index contributed by atoms with van der Waals surface area (Å²) in [6.45, 7) is 1.53. The van der Waals surface area contributed by atoms with E-state index >= 15 is 0 Å². The van der Waals surface area contributed by atoms with Crippen LogP contribution in [0.4, 0.5) is 13.2 Å². The van der Waals surface area contributed by atoms with Gasteiger partial charge in [-0.2, -0.15) is 0 Å². The van der Waals surface area contributed by atoms with Crippen molar-refractivity contribution in [1.82, 2.24) is 0 Å². The summed E-state index contributed by atoms with van der Waals surface area (Å²) in [5.74, 6) is -1.74. The molecular weight excluding hydrogens is 195 g/mol. The van der Waals surface area contributed by atoms with Crippen LogP contribution in [0.25, 0.3) is 0 Å². The predicted octanol–water partition coefficient (Wildman–Crippen LogP) is 2.10. The summed E-state index contributed by atoms with van der Waals surface area (Å²) in [7, 11) is 0. The number of phenols is 1. The summed E-state index contributed by atoms with van der Waals surface area (Å²) in [6.07, 6.45) is -2.83. The molecule has 1 aromatic rings. The Morgan fingerprint density at radius 2 is 1.93 bits per heavy atom. The van der Waals surface area contributed by atoms with Gasteiger partial charge in [-0.1, -0.05) is 6.07 Å². The first kappa shape index (κ1) is 10.8. The maximum absolute atomic E-state index is 12.9. The van der Waals surface area contributed by atoms with E-state index in [9.17, 15) is 13.2 Å². The average molecular weight is 205 g/mol. The van der Waals surface area contributed by atoms with Crippen molar-refractivity contribution in [2.24, 2.45) is 5.73 Å². The maximum Gasteiger partial charge on any atom is 0.257 e. The molecule has 0 fully saturated rings. The number of aromatic hydroxyl groups is 1. The van der Waals surface area contributed by atoms with Gasteiger partial charge in [0.25, 0.3) is 6.43 Å². The number of hydrogen-bond acceptors (Lipinski definition) is 2. The number of phenolic OH excluding ortho intramolecular Hbond substituents is 1. The number of nitrogens with two attached hydrogens (primary N) is 1. The molecule has 5 heteroatoms. The van der Waals surface area contributed by atoms with E-state index in [-0.39, 0.29) is 5.56 Å². The van der Waals surface area contributed by atoms with Crippen molar-refractivity contribution < 1.29 is 18.3 Å². The van der Waals surface area contributed by atoms with Crippen LogP contribution in [-0.2, 0) is 0 Å². The second-order valence-corrected chi connectivity index (χ2v) is 3.04. The lowest BCUT2D eigenvalue weighted by atomic mass is 10.0. The monoisotopic (exact) mass is 205 g/mol. The van der Waals surface area contributed by atoms with E-state index in [0.29, 0.717) is 5.56 Å². The molecule has 0 saturated heterocycles. The molecule has 1 atom stereocenters. The quantitative estimate of drug-likeness (QED) is 0.776. The lowest BCUT2D eigenvalue weighted by Gasteiger charge is -2.13. The minimum Gasteiger partial charge on any atom is -0.505 e. The highest BCUT2D eigenvalue weighted by Gasteiger charge is 2.22. The van der Waals surface area contributed by atoms with Crippen LogP contribution >= 0.6 is 0 Å². The summed E-state index contributed by atoms with van der Waals surface area (Å²) < 4.78 is 37.3. The van der Waals surface area contributed by atoms with Crippen molar-refractivity contribution in [1.29, 1.82) is 0 Å². The molecule has 0 saturated carbocycles. The summed E-state index contributed by atoms with van der Waals surface area (Å²) in [4.78, 5) is 0. The van der Waals surface area contributed by atoms with E-state index in [0.717, 1.165) is 6.07 Å². The fourth-order valence-corrected chi connectivity index (χ4v) is 1.15. The Labute approximate surface area is 79.2 Å². The Kier molecular flexibility index (Phi) is 3.00. The normalized spacial score (nSPS) is 13.3. The molecule has 14 heavy (non-hydrogen) atoms. The molecule has 0 aliphatic heterocycles. The molecule has 0 unspecified atom stereocenters. The fraction of sp³-hybridized carbons (Fsp3) is 0.333. The summed E-state index contributed by atoms with van der Waals surface area (Å²) >= 11 is 0. The third kappa shape index (κ3) is 1.98. The van der Waals surface area contributed by atoms with Crippen LogP contribution in [0.2, 0.25) is 0 Å². The molecule has 1 rings (SSSR count). The number of alkyl halides is 2. The fourth-order valence-electron chi connectivity index (χ4n) is 1.15. The number of halogens is 3. The first-order valence-corrected chi connectivity index (χ1v) is 3.96. The van der Waals surface area contributed by atoms with Gasteiger partial charge in [0.05, 0.1) is 6.04 Å². The molecule has 3 N–H and O–H groups in total. The zero-order chi connectivity index (χ0) is 10.9. The van der Waals surface area contributed by atoms with Crippen LogP contribution < -0.4 is 5.73 Å². The van der Waals surface area contributed by atoms with Gasteiger partial charge in [0.1, 0.15) is 0 Å². The van der Waals surface area contributed by atoms with Gasteiger partial charge in [-0.3, -0.25) is 0 Å². The Morgan fingerprint density at radius 1 is 1.36 bits per heavy atom. The summed E-state index contributed by atoms with van der Waals surface area (Å²) in [5.41, 5.74) is 5.27. The smallest absolute Gasteiger partial charge is 0.257 e. The molecule has 0 heterocycles. The van der Waals surface area contributed by atoms with Gasteiger partial charge in [-0.25, -0.2) is 13.2 Å². The van der Waals surface area contributed by atoms with E-state index in [1.165, 1.54) is 13.0 Å². The van der Waals surface area contributed by atoms with Crippen molar-refractivity contribution in [3.63, 3.8) is 0 Å². The third-order valence-corrected chi connectivity index (χ3v) is 1.87. The molecule has 0 aliphatic rings. The first-order chi connectivity index (χ1) is 6.43. The van der Waals surface area contributed by atoms with Crippen LogP contribution in [0.5, 0.6) is 5.75 Å². The molecular formula is C9H10F3NO. The first-order valence-electron chi connectivity index (χ1n) is 3.96. The Hall–Kier alpha value is -1.23. The van der Waals surface area contributed by atoms with Gasteiger partial charge in [-0.15, -0.1) is 0 Å². The molecule has 0 aromatic heterocycles. The van der Waals surface area contributed by atoms with Gasteiger partial charge in [0, 0.05) is 5.56 Å². The van der Waals surface area contributed by atoms with Crippen molar-refractivity contribution in [3.8, 4) is 5.75 Å². The van der Waals surface area contributed by atoms with Gasteiger partial charge in [0.2, 0.25) is 0 Å². The average Bonchev–Trinajstić information content (AvgIpc) is 2.09. The molecule has 78 valence electrons. The maximum atomic E-state index is 12.9. The van der Waals surface area contributed by atoms with Gasteiger partial charge in [0.15, 0.2) is 11.6 Å². The minimum absolute atomic E-state index is 0.266. The van der Waals surface area contributed by atoms with Crippen molar-refractivity contribution in [2.45, 2.75) is 19.4 Å². The van der Waals surface area contributed by atoms with Gasteiger partial charge >= 0.3 is 0 Å². The van der Waals surface area contributed by atoms with E-state index in [1.54, 1.807) is 0 Å². The standard InChI is InChI=1S/C9H10F3NO/c1-4-2-5(7(13)9(11)12)8(14)6(10)3-4/h2-3,7,9,14H,13H2,1H3/t7-/m1/s1. The largest absolute Gasteiger partial charge is 0.505 e. The lowest BCUT2D eigenvalue weighted by molar-refractivity contribution is 0.115. The Balaban J connectivity index is 3.20. The van der Waals surface area contributed by atoms with Crippen molar-refractivity contribution in [3.05, 3.63) is 29.1 Å². The Morgan fingerprint density at radius 3 is 2.43 bits per heavy atom. The Bertz CT molecular complexity index is 341. The second kappa shape index (κ2) is 3.88. The predicted molar refractivity (Wildman–Crippen MR) is 45.7 cm³/mol. The summed E-state index contributed by atoms with van der Waals surface area (Å²) in [6, 6.07) is 0.635. The zero-order valence-corrected chi connectivity index (χ0v) is 7.47. The molecule has 1 aromatic carbocycles. The number of benzene rings is 1. The van der Waals surface area contributed by atoms with Crippen LogP contribution in [0.15, 0.2) is 12.1 Å². The molecule has 0 spiro atoms. The minimum atomic E-state index is -2.83. The number of aryl methyl sites for hydroxylation is 1. The second-order valence-electron chi connectivity index (χ2n) is 3.04. The molecule has 0 bridgehead atoms. The van der Waals surface area contributed by atoms with Gasteiger partial charge in [-0.05, 0) is 18.6 Å². The number of rotatable bonds is 2. The highest BCUT2D eigenvalue weighted by Crippen LogP contribution is 2.30. The molecule has 0 radical (unpaired) electrons. The third-order valence-electron chi connectivity index (χ3n) is 1.87. The number of hydrogen-bond donors (Lipinski definition) is 2. The SMILES string of the molecule is Cc1cc(F)c(O)c([C@@H](N)C(F)F)c1. The van der Waals surface area contributed by atoms with E-state index in [1.807, 2.05) is 0 Å². The van der Waals surface area contributed by atoms with Crippen molar-refractivity contribution in [2.75, 3.05) is 0 Å².